The summed E-state index contributed by atoms with van der Waals surface area (Å²) in [5.41, 5.74) is 4.93. The van der Waals surface area contributed by atoms with Crippen LogP contribution in [0.25, 0.3) is 22.2 Å². The lowest BCUT2D eigenvalue weighted by Gasteiger charge is -2.21. The molecule has 0 saturated carbocycles. The van der Waals surface area contributed by atoms with Crippen molar-refractivity contribution in [1.29, 1.82) is 0 Å². The molecule has 5 aromatic rings. The van der Waals surface area contributed by atoms with Gasteiger partial charge in [-0.1, -0.05) is 84.9 Å². The molecule has 2 aromatic heterocycles. The van der Waals surface area contributed by atoms with Crippen LogP contribution in [0, 0.1) is 0 Å². The molecule has 182 valence electrons. The van der Waals surface area contributed by atoms with E-state index in [4.69, 9.17) is 4.98 Å². The van der Waals surface area contributed by atoms with E-state index < -0.39 is 6.10 Å². The minimum atomic E-state index is -0.626. The Morgan fingerprint density at radius 1 is 0.889 bits per heavy atom. The monoisotopic (exact) mass is 478 g/mol. The van der Waals surface area contributed by atoms with Gasteiger partial charge in [0.1, 0.15) is 11.2 Å². The third-order valence-electron chi connectivity index (χ3n) is 6.62. The summed E-state index contributed by atoms with van der Waals surface area (Å²) in [5, 5.41) is 15.5. The van der Waals surface area contributed by atoms with Crippen LogP contribution in [0.1, 0.15) is 42.8 Å². The first kappa shape index (κ1) is 23.7. The first-order valence-corrected chi connectivity index (χ1v) is 12.4. The van der Waals surface area contributed by atoms with E-state index in [1.165, 1.54) is 5.56 Å². The highest BCUT2D eigenvalue weighted by Gasteiger charge is 2.22. The number of hydrogen-bond donors (Lipinski definition) is 2. The number of fused-ring (bicyclic) bond motifs is 1. The van der Waals surface area contributed by atoms with E-state index in [0.29, 0.717) is 23.3 Å². The molecule has 2 unspecified atom stereocenters. The summed E-state index contributed by atoms with van der Waals surface area (Å²) in [6.07, 6.45) is 3.96. The molecule has 0 bridgehead atoms. The molecule has 2 atom stereocenters. The molecule has 0 aliphatic carbocycles. The normalized spacial score (nSPS) is 13.1. The quantitative estimate of drug-likeness (QED) is 0.300. The van der Waals surface area contributed by atoms with Gasteiger partial charge in [0.25, 0.3) is 5.56 Å². The zero-order valence-corrected chi connectivity index (χ0v) is 20.3. The van der Waals surface area contributed by atoms with Gasteiger partial charge in [0, 0.05) is 6.42 Å². The molecule has 0 fully saturated rings. The van der Waals surface area contributed by atoms with Gasteiger partial charge in [-0.2, -0.15) is 5.10 Å². The summed E-state index contributed by atoms with van der Waals surface area (Å²) in [6.45, 7) is 1.77. The predicted molar refractivity (Wildman–Crippen MR) is 143 cm³/mol. The zero-order valence-electron chi connectivity index (χ0n) is 20.3. The molecule has 0 amide bonds. The molecule has 0 aliphatic heterocycles. The topological polar surface area (TPSA) is 83.8 Å². The van der Waals surface area contributed by atoms with E-state index >= 15 is 0 Å². The fourth-order valence-electron chi connectivity index (χ4n) is 4.67. The number of aromatic amines is 1. The minimum Gasteiger partial charge on any atom is -0.391 e. The molecule has 0 saturated heterocycles. The van der Waals surface area contributed by atoms with Crippen molar-refractivity contribution in [2.45, 2.75) is 44.8 Å². The number of aryl methyl sites for hydroxylation is 1. The van der Waals surface area contributed by atoms with Crippen molar-refractivity contribution in [3.8, 4) is 11.1 Å². The van der Waals surface area contributed by atoms with Crippen LogP contribution >= 0.6 is 0 Å². The summed E-state index contributed by atoms with van der Waals surface area (Å²) in [6, 6.07) is 28.6. The number of rotatable bonds is 9. The molecule has 6 nitrogen and oxygen atoms in total. The van der Waals surface area contributed by atoms with Gasteiger partial charge >= 0.3 is 0 Å². The Labute approximate surface area is 210 Å². The molecule has 2 N–H and O–H groups in total. The lowest BCUT2D eigenvalue weighted by atomic mass is 10.0. The van der Waals surface area contributed by atoms with Crippen LogP contribution in [0.2, 0.25) is 0 Å². The Balaban J connectivity index is 1.37. The van der Waals surface area contributed by atoms with Gasteiger partial charge in [0.2, 0.25) is 0 Å². The van der Waals surface area contributed by atoms with E-state index in [-0.39, 0.29) is 11.6 Å². The van der Waals surface area contributed by atoms with Crippen LogP contribution in [0.15, 0.2) is 95.9 Å². The van der Waals surface area contributed by atoms with Crippen LogP contribution < -0.4 is 5.56 Å². The van der Waals surface area contributed by atoms with Gasteiger partial charge in [0.05, 0.1) is 18.3 Å². The Morgan fingerprint density at radius 3 is 2.25 bits per heavy atom. The van der Waals surface area contributed by atoms with Crippen LogP contribution in [-0.2, 0) is 12.8 Å². The predicted octanol–water partition coefficient (Wildman–Crippen LogP) is 5.32. The standard InChI is InChI=1S/C30H30N4O2/c1-21(35)27(14-8-11-22-9-4-2-5-10-22)34-29-26(20-31-34)30(36)33-28(32-29)19-23-15-17-25(18-16-23)24-12-6-3-7-13-24/h2-7,9-10,12-13,15-18,20-21,27,35H,8,11,14,19H2,1H3,(H,32,33,36). The smallest absolute Gasteiger partial charge is 0.262 e. The number of aliphatic hydroxyl groups is 1. The molecule has 0 aliphatic rings. The SMILES string of the molecule is CC(O)C(CCCc1ccccc1)n1ncc2c(=O)[nH]c(Cc3ccc(-c4ccccc4)cc3)nc21. The Hall–Kier alpha value is -4.03. The Kier molecular flexibility index (Phi) is 7.05. The maximum Gasteiger partial charge on any atom is 0.262 e. The minimum absolute atomic E-state index is 0.212. The van der Waals surface area contributed by atoms with Gasteiger partial charge in [-0.3, -0.25) is 4.79 Å². The summed E-state index contributed by atoms with van der Waals surface area (Å²) in [4.78, 5) is 20.5. The first-order chi connectivity index (χ1) is 17.6. The van der Waals surface area contributed by atoms with Crippen molar-refractivity contribution in [3.05, 3.63) is 118 Å². The molecule has 2 heterocycles. The van der Waals surface area contributed by atoms with Crippen LogP contribution in [0.5, 0.6) is 0 Å². The number of H-pyrrole nitrogens is 1. The average molecular weight is 479 g/mol. The zero-order chi connectivity index (χ0) is 24.9. The maximum atomic E-state index is 12.8. The third kappa shape index (κ3) is 5.29. The molecule has 3 aromatic carbocycles. The van der Waals surface area contributed by atoms with Gasteiger partial charge in [-0.25, -0.2) is 9.67 Å². The highest BCUT2D eigenvalue weighted by atomic mass is 16.3. The van der Waals surface area contributed by atoms with E-state index in [2.05, 4.69) is 58.6 Å². The number of benzene rings is 3. The van der Waals surface area contributed by atoms with Crippen molar-refractivity contribution in [1.82, 2.24) is 19.7 Å². The molecule has 6 heteroatoms. The van der Waals surface area contributed by atoms with Gasteiger partial charge < -0.3 is 10.1 Å². The Bertz CT molecular complexity index is 1470. The van der Waals surface area contributed by atoms with Crippen molar-refractivity contribution < 1.29 is 5.11 Å². The van der Waals surface area contributed by atoms with Crippen LogP contribution in [0.3, 0.4) is 0 Å². The van der Waals surface area contributed by atoms with E-state index in [1.807, 2.05) is 36.4 Å². The van der Waals surface area contributed by atoms with E-state index in [1.54, 1.807) is 17.8 Å². The number of nitrogens with one attached hydrogen (secondary N) is 1. The summed E-state index contributed by atoms with van der Waals surface area (Å²) in [7, 11) is 0. The second-order valence-corrected chi connectivity index (χ2v) is 9.26. The van der Waals surface area contributed by atoms with Gasteiger partial charge in [-0.05, 0) is 48.4 Å². The molecular formula is C30H30N4O2. The van der Waals surface area contributed by atoms with Crippen molar-refractivity contribution >= 4 is 11.0 Å². The van der Waals surface area contributed by atoms with E-state index in [9.17, 15) is 9.90 Å². The van der Waals surface area contributed by atoms with Crippen molar-refractivity contribution in [2.75, 3.05) is 0 Å². The van der Waals surface area contributed by atoms with Gasteiger partial charge in [0.15, 0.2) is 5.65 Å². The second-order valence-electron chi connectivity index (χ2n) is 9.26. The molecular weight excluding hydrogens is 448 g/mol. The second kappa shape index (κ2) is 10.7. The number of hydrogen-bond acceptors (Lipinski definition) is 4. The number of aromatic nitrogens is 4. The summed E-state index contributed by atoms with van der Waals surface area (Å²) in [5.74, 6) is 0.579. The maximum absolute atomic E-state index is 12.8. The largest absolute Gasteiger partial charge is 0.391 e. The molecule has 36 heavy (non-hydrogen) atoms. The lowest BCUT2D eigenvalue weighted by molar-refractivity contribution is 0.118. The van der Waals surface area contributed by atoms with Crippen molar-refractivity contribution in [2.24, 2.45) is 0 Å². The molecule has 5 rings (SSSR count). The summed E-state index contributed by atoms with van der Waals surface area (Å²) >= 11 is 0. The average Bonchev–Trinajstić information content (AvgIpc) is 3.32. The van der Waals surface area contributed by atoms with Gasteiger partial charge in [-0.15, -0.1) is 0 Å². The van der Waals surface area contributed by atoms with Crippen LogP contribution in [0.4, 0.5) is 0 Å². The molecule has 0 radical (unpaired) electrons. The first-order valence-electron chi connectivity index (χ1n) is 12.4. The summed E-state index contributed by atoms with van der Waals surface area (Å²) < 4.78 is 1.72. The fraction of sp³-hybridized carbons (Fsp3) is 0.233. The lowest BCUT2D eigenvalue weighted by Crippen LogP contribution is -2.24. The Morgan fingerprint density at radius 2 is 1.56 bits per heavy atom. The highest BCUT2D eigenvalue weighted by molar-refractivity contribution is 5.73. The number of nitrogens with zero attached hydrogens (tertiary/aromatic N) is 3. The van der Waals surface area contributed by atoms with E-state index in [0.717, 1.165) is 36.0 Å². The molecule has 0 spiro atoms. The highest BCUT2D eigenvalue weighted by Crippen LogP contribution is 2.24. The fourth-order valence-corrected chi connectivity index (χ4v) is 4.67. The van der Waals surface area contributed by atoms with Crippen molar-refractivity contribution in [3.63, 3.8) is 0 Å². The third-order valence-corrected chi connectivity index (χ3v) is 6.62. The van der Waals surface area contributed by atoms with Crippen LogP contribution in [-0.4, -0.2) is 31.0 Å². The number of aliphatic hydroxyl groups excluding tert-OH is 1.